The van der Waals surface area contributed by atoms with Crippen molar-refractivity contribution >= 4 is 57.5 Å². The summed E-state index contributed by atoms with van der Waals surface area (Å²) in [5, 5.41) is -0.257. The molecule has 1 aliphatic heterocycles. The van der Waals surface area contributed by atoms with Gasteiger partial charge in [0.15, 0.2) is 18.1 Å². The van der Waals surface area contributed by atoms with Crippen molar-refractivity contribution in [3.8, 4) is 11.5 Å². The molecule has 1 saturated heterocycles. The predicted molar refractivity (Wildman–Crippen MR) is 115 cm³/mol. The highest BCUT2D eigenvalue weighted by Crippen LogP contribution is 2.37. The van der Waals surface area contributed by atoms with Crippen LogP contribution < -0.4 is 9.47 Å². The molecule has 0 radical (unpaired) electrons. The Hall–Kier alpha value is -1.75. The largest absolute Gasteiger partial charge is 0.490 e. The minimum atomic E-state index is -0.463. The molecule has 1 aliphatic rings. The van der Waals surface area contributed by atoms with E-state index in [1.807, 2.05) is 13.8 Å². The maximum Gasteiger partial charge on any atom is 0.344 e. The SMILES string of the molecule is CCCN1C(=O)S/C(=C/c2cc(I)c(OCC(=O)OCC)c(OCC)c2)C1=O. The lowest BCUT2D eigenvalue weighted by atomic mass is 10.2. The summed E-state index contributed by atoms with van der Waals surface area (Å²) in [6, 6.07) is 3.53. The Labute approximate surface area is 181 Å². The zero-order chi connectivity index (χ0) is 20.7. The summed E-state index contributed by atoms with van der Waals surface area (Å²) in [6.45, 7) is 6.35. The van der Waals surface area contributed by atoms with E-state index >= 15 is 0 Å². The third-order valence-electron chi connectivity index (χ3n) is 3.59. The van der Waals surface area contributed by atoms with Crippen molar-refractivity contribution in [3.05, 3.63) is 26.2 Å². The first-order valence-electron chi connectivity index (χ1n) is 8.91. The number of halogens is 1. The molecule has 2 rings (SSSR count). The minimum absolute atomic E-state index is 0.223. The number of imide groups is 1. The quantitative estimate of drug-likeness (QED) is 0.276. The predicted octanol–water partition coefficient (Wildman–Crippen LogP) is 4.08. The number of hydrogen-bond donors (Lipinski definition) is 0. The highest BCUT2D eigenvalue weighted by Gasteiger charge is 2.34. The summed E-state index contributed by atoms with van der Waals surface area (Å²) in [5.41, 5.74) is 0.707. The molecule has 0 aliphatic carbocycles. The van der Waals surface area contributed by atoms with Crippen molar-refractivity contribution in [1.29, 1.82) is 0 Å². The molecule has 0 unspecified atom stereocenters. The fourth-order valence-electron chi connectivity index (χ4n) is 2.48. The van der Waals surface area contributed by atoms with Gasteiger partial charge in [0.25, 0.3) is 11.1 Å². The number of benzene rings is 1. The van der Waals surface area contributed by atoms with Crippen LogP contribution in [0.25, 0.3) is 6.08 Å². The van der Waals surface area contributed by atoms with Crippen molar-refractivity contribution in [2.75, 3.05) is 26.4 Å². The maximum absolute atomic E-state index is 12.4. The highest BCUT2D eigenvalue weighted by molar-refractivity contribution is 14.1. The number of carbonyl (C=O) groups excluding carboxylic acids is 3. The van der Waals surface area contributed by atoms with E-state index in [-0.39, 0.29) is 24.4 Å². The van der Waals surface area contributed by atoms with Crippen LogP contribution in [0.4, 0.5) is 4.79 Å². The number of nitrogens with zero attached hydrogens (tertiary/aromatic N) is 1. The van der Waals surface area contributed by atoms with Gasteiger partial charge in [-0.2, -0.15) is 0 Å². The first kappa shape index (κ1) is 22.5. The molecule has 1 aromatic carbocycles. The molecule has 7 nitrogen and oxygen atoms in total. The minimum Gasteiger partial charge on any atom is -0.490 e. The fraction of sp³-hybridized carbons (Fsp3) is 0.421. The summed E-state index contributed by atoms with van der Waals surface area (Å²) in [7, 11) is 0. The number of rotatable bonds is 9. The smallest absolute Gasteiger partial charge is 0.344 e. The Bertz CT molecular complexity index is 795. The van der Waals surface area contributed by atoms with Crippen LogP contribution in [0.1, 0.15) is 32.8 Å². The van der Waals surface area contributed by atoms with Gasteiger partial charge in [0.05, 0.1) is 21.7 Å². The van der Waals surface area contributed by atoms with Gasteiger partial charge in [0.1, 0.15) is 0 Å². The van der Waals surface area contributed by atoms with E-state index < -0.39 is 5.97 Å². The van der Waals surface area contributed by atoms with Crippen LogP contribution in [0.15, 0.2) is 17.0 Å². The molecule has 1 heterocycles. The molecule has 0 N–H and O–H groups in total. The number of ether oxygens (including phenoxy) is 3. The van der Waals surface area contributed by atoms with Crippen LogP contribution in [-0.4, -0.2) is 48.4 Å². The number of thioether (sulfide) groups is 1. The van der Waals surface area contributed by atoms with E-state index in [1.165, 1.54) is 4.90 Å². The van der Waals surface area contributed by atoms with Crippen LogP contribution >= 0.6 is 34.4 Å². The lowest BCUT2D eigenvalue weighted by molar-refractivity contribution is -0.145. The van der Waals surface area contributed by atoms with E-state index in [4.69, 9.17) is 14.2 Å². The van der Waals surface area contributed by atoms with Crippen molar-refractivity contribution in [3.63, 3.8) is 0 Å². The Morgan fingerprint density at radius 1 is 1.18 bits per heavy atom. The van der Waals surface area contributed by atoms with Crippen LogP contribution in [-0.2, 0) is 14.3 Å². The average Bonchev–Trinajstić information content (AvgIpc) is 2.89. The third kappa shape index (κ3) is 5.63. The van der Waals surface area contributed by atoms with Gasteiger partial charge >= 0.3 is 5.97 Å². The molecule has 0 aromatic heterocycles. The maximum atomic E-state index is 12.4. The molecule has 2 amide bonds. The summed E-state index contributed by atoms with van der Waals surface area (Å²) in [6.07, 6.45) is 2.38. The molecule has 0 atom stereocenters. The van der Waals surface area contributed by atoms with Gasteiger partial charge in [0, 0.05) is 6.54 Å². The van der Waals surface area contributed by atoms with Crippen molar-refractivity contribution < 1.29 is 28.6 Å². The number of amides is 2. The Balaban J connectivity index is 2.28. The van der Waals surface area contributed by atoms with Gasteiger partial charge < -0.3 is 14.2 Å². The lowest BCUT2D eigenvalue weighted by Crippen LogP contribution is -2.28. The normalized spacial score (nSPS) is 15.3. The zero-order valence-electron chi connectivity index (χ0n) is 16.0. The molecule has 1 aromatic rings. The van der Waals surface area contributed by atoms with Gasteiger partial charge in [-0.25, -0.2) is 4.79 Å². The van der Waals surface area contributed by atoms with E-state index in [9.17, 15) is 14.4 Å². The molecule has 0 bridgehead atoms. The molecule has 152 valence electrons. The Morgan fingerprint density at radius 2 is 1.93 bits per heavy atom. The van der Waals surface area contributed by atoms with Crippen molar-refractivity contribution in [1.82, 2.24) is 4.90 Å². The first-order chi connectivity index (χ1) is 13.4. The van der Waals surface area contributed by atoms with Gasteiger partial charge in [-0.1, -0.05) is 6.92 Å². The molecule has 0 spiro atoms. The molecular weight excluding hydrogens is 497 g/mol. The fourth-order valence-corrected chi connectivity index (χ4v) is 4.12. The molecule has 28 heavy (non-hydrogen) atoms. The number of hydrogen-bond acceptors (Lipinski definition) is 7. The van der Waals surface area contributed by atoms with Crippen LogP contribution in [0.3, 0.4) is 0 Å². The van der Waals surface area contributed by atoms with Gasteiger partial charge in [-0.15, -0.1) is 0 Å². The molecular formula is C19H22INO6S. The van der Waals surface area contributed by atoms with Crippen molar-refractivity contribution in [2.24, 2.45) is 0 Å². The first-order valence-corrected chi connectivity index (χ1v) is 10.8. The Morgan fingerprint density at radius 3 is 2.57 bits per heavy atom. The standard InChI is InChI=1S/C19H22INO6S/c1-4-7-21-18(23)15(28-19(21)24)10-12-8-13(20)17(14(9-12)25-5-2)27-11-16(22)26-6-3/h8-10H,4-7,11H2,1-3H3/b15-10+. The molecule has 9 heteroatoms. The second-order valence-electron chi connectivity index (χ2n) is 5.69. The molecule has 1 fully saturated rings. The topological polar surface area (TPSA) is 82.1 Å². The van der Waals surface area contributed by atoms with Gasteiger partial charge in [0.2, 0.25) is 0 Å². The van der Waals surface area contributed by atoms with Crippen LogP contribution in [0.5, 0.6) is 11.5 Å². The highest BCUT2D eigenvalue weighted by atomic mass is 127. The van der Waals surface area contributed by atoms with E-state index in [0.29, 0.717) is 45.1 Å². The number of esters is 1. The number of carbonyl (C=O) groups is 3. The van der Waals surface area contributed by atoms with E-state index in [2.05, 4.69) is 22.6 Å². The van der Waals surface area contributed by atoms with Gasteiger partial charge in [-0.05, 0) is 78.4 Å². The summed E-state index contributed by atoms with van der Waals surface area (Å²) in [5.74, 6) is 0.145. The summed E-state index contributed by atoms with van der Waals surface area (Å²) < 4.78 is 16.8. The Kier molecular flexibility index (Phi) is 8.61. The second kappa shape index (κ2) is 10.7. The van der Waals surface area contributed by atoms with Crippen molar-refractivity contribution in [2.45, 2.75) is 27.2 Å². The monoisotopic (exact) mass is 519 g/mol. The summed E-state index contributed by atoms with van der Waals surface area (Å²) >= 11 is 3.01. The van der Waals surface area contributed by atoms with Crippen LogP contribution in [0, 0.1) is 3.57 Å². The third-order valence-corrected chi connectivity index (χ3v) is 5.30. The summed E-state index contributed by atoms with van der Waals surface area (Å²) in [4.78, 5) is 37.6. The van der Waals surface area contributed by atoms with Crippen LogP contribution in [0.2, 0.25) is 0 Å². The average molecular weight is 519 g/mol. The molecule has 0 saturated carbocycles. The lowest BCUT2D eigenvalue weighted by Gasteiger charge is -2.14. The second-order valence-corrected chi connectivity index (χ2v) is 7.85. The van der Waals surface area contributed by atoms with E-state index in [1.54, 1.807) is 25.1 Å². The van der Waals surface area contributed by atoms with Gasteiger partial charge in [-0.3, -0.25) is 14.5 Å². The van der Waals surface area contributed by atoms with E-state index in [0.717, 1.165) is 11.8 Å². The zero-order valence-corrected chi connectivity index (χ0v) is 18.9.